The normalized spacial score (nSPS) is 15.8. The number of nitrogen functional groups attached to an aromatic ring is 1. The molecule has 0 saturated heterocycles. The molecule has 2 aromatic rings. The van der Waals surface area contributed by atoms with Crippen molar-refractivity contribution >= 4 is 16.3 Å². The van der Waals surface area contributed by atoms with Crippen molar-refractivity contribution in [3.63, 3.8) is 0 Å². The van der Waals surface area contributed by atoms with Gasteiger partial charge in [-0.05, 0) is 61.9 Å². The monoisotopic (exact) mass is 273 g/mol. The standard InChI is InChI=1S/C16H19NOS/c1-11-15(10-16(17)19-11)12-6-8-14(9-7-12)18-13-4-2-3-5-13/h6-10,13H,2-5,17H2,1H3. The molecule has 0 aliphatic heterocycles. The number of ether oxygens (including phenoxy) is 1. The lowest BCUT2D eigenvalue weighted by Gasteiger charge is -2.13. The zero-order chi connectivity index (χ0) is 13.2. The van der Waals surface area contributed by atoms with E-state index in [-0.39, 0.29) is 0 Å². The number of anilines is 1. The van der Waals surface area contributed by atoms with Crippen molar-refractivity contribution in [2.24, 2.45) is 0 Å². The topological polar surface area (TPSA) is 35.2 Å². The Labute approximate surface area is 118 Å². The van der Waals surface area contributed by atoms with Crippen LogP contribution in [0.3, 0.4) is 0 Å². The van der Waals surface area contributed by atoms with Crippen molar-refractivity contribution in [3.8, 4) is 16.9 Å². The Bertz CT molecular complexity index is 553. The number of hydrogen-bond donors (Lipinski definition) is 1. The van der Waals surface area contributed by atoms with Gasteiger partial charge in [0, 0.05) is 4.88 Å². The Morgan fingerprint density at radius 1 is 1.16 bits per heavy atom. The van der Waals surface area contributed by atoms with Gasteiger partial charge in [0.15, 0.2) is 0 Å². The molecule has 2 nitrogen and oxygen atoms in total. The molecular formula is C16H19NOS. The highest BCUT2D eigenvalue weighted by Gasteiger charge is 2.16. The van der Waals surface area contributed by atoms with Gasteiger partial charge in [0.25, 0.3) is 0 Å². The summed E-state index contributed by atoms with van der Waals surface area (Å²) >= 11 is 1.64. The van der Waals surface area contributed by atoms with Crippen molar-refractivity contribution in [2.45, 2.75) is 38.7 Å². The molecule has 1 fully saturated rings. The molecular weight excluding hydrogens is 254 g/mol. The van der Waals surface area contributed by atoms with Crippen LogP contribution in [0.25, 0.3) is 11.1 Å². The van der Waals surface area contributed by atoms with E-state index in [0.717, 1.165) is 10.8 Å². The van der Waals surface area contributed by atoms with Crippen LogP contribution in [0.15, 0.2) is 30.3 Å². The zero-order valence-corrected chi connectivity index (χ0v) is 12.0. The summed E-state index contributed by atoms with van der Waals surface area (Å²) < 4.78 is 5.98. The Kier molecular flexibility index (Phi) is 3.47. The van der Waals surface area contributed by atoms with Gasteiger partial charge in [-0.2, -0.15) is 0 Å². The minimum absolute atomic E-state index is 0.421. The molecule has 19 heavy (non-hydrogen) atoms. The average molecular weight is 273 g/mol. The van der Waals surface area contributed by atoms with E-state index in [9.17, 15) is 0 Å². The predicted molar refractivity (Wildman–Crippen MR) is 81.8 cm³/mol. The van der Waals surface area contributed by atoms with E-state index in [0.29, 0.717) is 6.10 Å². The minimum Gasteiger partial charge on any atom is -0.490 e. The Hall–Kier alpha value is -1.48. The smallest absolute Gasteiger partial charge is 0.119 e. The van der Waals surface area contributed by atoms with E-state index in [2.05, 4.69) is 31.2 Å². The molecule has 0 radical (unpaired) electrons. The molecule has 1 saturated carbocycles. The van der Waals surface area contributed by atoms with Crippen LogP contribution >= 0.6 is 11.3 Å². The van der Waals surface area contributed by atoms with E-state index < -0.39 is 0 Å². The fraction of sp³-hybridized carbons (Fsp3) is 0.375. The summed E-state index contributed by atoms with van der Waals surface area (Å²) in [5, 5.41) is 0.874. The van der Waals surface area contributed by atoms with Crippen LogP contribution in [0.1, 0.15) is 30.6 Å². The molecule has 2 N–H and O–H groups in total. The molecule has 1 heterocycles. The van der Waals surface area contributed by atoms with Crippen LogP contribution in [0, 0.1) is 6.92 Å². The summed E-state index contributed by atoms with van der Waals surface area (Å²) in [6.45, 7) is 2.11. The second kappa shape index (κ2) is 5.25. The van der Waals surface area contributed by atoms with Crippen LogP contribution in [0.4, 0.5) is 5.00 Å². The lowest BCUT2D eigenvalue weighted by Crippen LogP contribution is -2.10. The molecule has 0 amide bonds. The van der Waals surface area contributed by atoms with Gasteiger partial charge in [-0.15, -0.1) is 11.3 Å². The largest absolute Gasteiger partial charge is 0.490 e. The Balaban J connectivity index is 1.76. The number of aryl methyl sites for hydroxylation is 1. The molecule has 3 heteroatoms. The fourth-order valence-electron chi connectivity index (χ4n) is 2.70. The third-order valence-electron chi connectivity index (χ3n) is 3.71. The van der Waals surface area contributed by atoms with Gasteiger partial charge >= 0.3 is 0 Å². The lowest BCUT2D eigenvalue weighted by molar-refractivity contribution is 0.210. The fourth-order valence-corrected chi connectivity index (χ4v) is 3.52. The molecule has 1 aliphatic rings. The van der Waals surface area contributed by atoms with Gasteiger partial charge in [0.1, 0.15) is 5.75 Å². The highest BCUT2D eigenvalue weighted by Crippen LogP contribution is 2.33. The van der Waals surface area contributed by atoms with Crippen LogP contribution in [-0.2, 0) is 0 Å². The predicted octanol–water partition coefficient (Wildman–Crippen LogP) is 4.63. The van der Waals surface area contributed by atoms with Gasteiger partial charge in [-0.25, -0.2) is 0 Å². The summed E-state index contributed by atoms with van der Waals surface area (Å²) in [5.74, 6) is 0.983. The summed E-state index contributed by atoms with van der Waals surface area (Å²) in [6, 6.07) is 10.4. The van der Waals surface area contributed by atoms with Crippen LogP contribution in [0.5, 0.6) is 5.75 Å². The minimum atomic E-state index is 0.421. The van der Waals surface area contributed by atoms with Gasteiger partial charge in [-0.3, -0.25) is 0 Å². The van der Waals surface area contributed by atoms with Crippen LogP contribution < -0.4 is 10.5 Å². The number of benzene rings is 1. The molecule has 0 spiro atoms. The molecule has 1 aliphatic carbocycles. The number of thiophene rings is 1. The van der Waals surface area contributed by atoms with Crippen molar-refractivity contribution < 1.29 is 4.74 Å². The van der Waals surface area contributed by atoms with Gasteiger partial charge < -0.3 is 10.5 Å². The molecule has 1 aromatic heterocycles. The van der Waals surface area contributed by atoms with E-state index in [1.165, 1.54) is 41.7 Å². The third-order valence-corrected chi connectivity index (χ3v) is 4.59. The maximum Gasteiger partial charge on any atom is 0.119 e. The van der Waals surface area contributed by atoms with E-state index in [4.69, 9.17) is 10.5 Å². The van der Waals surface area contributed by atoms with Crippen molar-refractivity contribution in [1.29, 1.82) is 0 Å². The van der Waals surface area contributed by atoms with E-state index in [1.54, 1.807) is 11.3 Å². The zero-order valence-electron chi connectivity index (χ0n) is 11.2. The van der Waals surface area contributed by atoms with E-state index >= 15 is 0 Å². The van der Waals surface area contributed by atoms with Crippen LogP contribution in [-0.4, -0.2) is 6.10 Å². The first-order valence-electron chi connectivity index (χ1n) is 6.85. The molecule has 1 aromatic carbocycles. The second-order valence-corrected chi connectivity index (χ2v) is 6.46. The highest BCUT2D eigenvalue weighted by atomic mass is 32.1. The first kappa shape index (κ1) is 12.5. The molecule has 0 atom stereocenters. The number of nitrogens with two attached hydrogens (primary N) is 1. The summed E-state index contributed by atoms with van der Waals surface area (Å²) in [6.07, 6.45) is 5.42. The average Bonchev–Trinajstić information content (AvgIpc) is 3.00. The molecule has 3 rings (SSSR count). The molecule has 0 bridgehead atoms. The lowest BCUT2D eigenvalue weighted by atomic mass is 10.1. The first-order chi connectivity index (χ1) is 9.22. The second-order valence-electron chi connectivity index (χ2n) is 5.17. The van der Waals surface area contributed by atoms with Crippen molar-refractivity contribution in [3.05, 3.63) is 35.2 Å². The number of rotatable bonds is 3. The van der Waals surface area contributed by atoms with E-state index in [1.807, 2.05) is 6.07 Å². The SMILES string of the molecule is Cc1sc(N)cc1-c1ccc(OC2CCCC2)cc1. The van der Waals surface area contributed by atoms with Crippen molar-refractivity contribution in [1.82, 2.24) is 0 Å². The highest BCUT2D eigenvalue weighted by molar-refractivity contribution is 7.16. The Morgan fingerprint density at radius 3 is 2.42 bits per heavy atom. The van der Waals surface area contributed by atoms with Crippen LogP contribution in [0.2, 0.25) is 0 Å². The summed E-state index contributed by atoms with van der Waals surface area (Å²) in [7, 11) is 0. The molecule has 0 unspecified atom stereocenters. The quantitative estimate of drug-likeness (QED) is 0.885. The third kappa shape index (κ3) is 2.76. The summed E-state index contributed by atoms with van der Waals surface area (Å²) in [5.41, 5.74) is 8.29. The maximum atomic E-state index is 5.98. The first-order valence-corrected chi connectivity index (χ1v) is 7.67. The van der Waals surface area contributed by atoms with Gasteiger partial charge in [-0.1, -0.05) is 12.1 Å². The maximum absolute atomic E-state index is 5.98. The molecule has 100 valence electrons. The van der Waals surface area contributed by atoms with Gasteiger partial charge in [0.05, 0.1) is 11.1 Å². The Morgan fingerprint density at radius 2 is 1.84 bits per heavy atom. The number of hydrogen-bond acceptors (Lipinski definition) is 3. The van der Waals surface area contributed by atoms with Gasteiger partial charge in [0.2, 0.25) is 0 Å². The van der Waals surface area contributed by atoms with Crippen molar-refractivity contribution in [2.75, 3.05) is 5.73 Å². The summed E-state index contributed by atoms with van der Waals surface area (Å²) in [4.78, 5) is 1.27.